The Morgan fingerprint density at radius 3 is 2.72 bits per heavy atom. The van der Waals surface area contributed by atoms with E-state index >= 15 is 0 Å². The Hall–Kier alpha value is -2.61. The van der Waals surface area contributed by atoms with E-state index in [1.807, 2.05) is 24.3 Å². The van der Waals surface area contributed by atoms with Crippen molar-refractivity contribution in [3.63, 3.8) is 0 Å². The van der Waals surface area contributed by atoms with Crippen molar-refractivity contribution in [2.75, 3.05) is 7.11 Å². The van der Waals surface area contributed by atoms with E-state index in [2.05, 4.69) is 20.2 Å². The van der Waals surface area contributed by atoms with Crippen LogP contribution in [0.3, 0.4) is 0 Å². The first-order chi connectivity index (χ1) is 12.2. The van der Waals surface area contributed by atoms with Gasteiger partial charge in [-0.15, -0.1) is 10.2 Å². The topological polar surface area (TPSA) is 94.2 Å². The highest BCUT2D eigenvalue weighted by Gasteiger charge is 2.26. The molecule has 0 spiro atoms. The van der Waals surface area contributed by atoms with Crippen molar-refractivity contribution >= 4 is 11.8 Å². The number of thioether (sulfide) groups is 1. The third-order valence-corrected chi connectivity index (χ3v) is 4.67. The Bertz CT molecular complexity index is 878. The lowest BCUT2D eigenvalue weighted by molar-refractivity contribution is 0.415. The number of rotatable bonds is 6. The van der Waals surface area contributed by atoms with Gasteiger partial charge in [0.15, 0.2) is 5.16 Å². The minimum absolute atomic E-state index is 0.00357. The predicted molar refractivity (Wildman–Crippen MR) is 91.5 cm³/mol. The number of aromatic nitrogens is 4. The second-order valence-electron chi connectivity index (χ2n) is 5.73. The second kappa shape index (κ2) is 6.72. The zero-order chi connectivity index (χ0) is 17.2. The standard InChI is InChI=1S/C17H16N4O3S/c1-23-12-6-4-11(5-7-12)16-21-20-15(24-16)9-25-17-18-13(10-2-3-10)8-14(22)19-17/h4-8,10H,2-3,9H2,1H3,(H,18,19,22). The molecule has 2 aromatic heterocycles. The fourth-order valence-electron chi connectivity index (χ4n) is 2.37. The van der Waals surface area contributed by atoms with Crippen molar-refractivity contribution in [2.24, 2.45) is 0 Å². The van der Waals surface area contributed by atoms with E-state index in [-0.39, 0.29) is 5.88 Å². The summed E-state index contributed by atoms with van der Waals surface area (Å²) in [5.74, 6) is 2.61. The lowest BCUT2D eigenvalue weighted by atomic mass is 10.2. The summed E-state index contributed by atoms with van der Waals surface area (Å²) in [6, 6.07) is 9.05. The summed E-state index contributed by atoms with van der Waals surface area (Å²) < 4.78 is 10.8. The van der Waals surface area contributed by atoms with Gasteiger partial charge in [0.1, 0.15) is 5.75 Å². The zero-order valence-electron chi connectivity index (χ0n) is 13.5. The summed E-state index contributed by atoms with van der Waals surface area (Å²) in [5.41, 5.74) is 1.73. The van der Waals surface area contributed by atoms with Gasteiger partial charge in [-0.05, 0) is 37.1 Å². The molecule has 0 atom stereocenters. The fourth-order valence-corrected chi connectivity index (χ4v) is 3.07. The molecule has 8 heteroatoms. The molecule has 0 bridgehead atoms. The molecular weight excluding hydrogens is 340 g/mol. The van der Waals surface area contributed by atoms with Gasteiger partial charge in [0.05, 0.1) is 18.6 Å². The van der Waals surface area contributed by atoms with Gasteiger partial charge in [0, 0.05) is 17.5 Å². The minimum Gasteiger partial charge on any atom is -0.497 e. The first-order valence-electron chi connectivity index (χ1n) is 7.89. The Morgan fingerprint density at radius 2 is 2.00 bits per heavy atom. The summed E-state index contributed by atoms with van der Waals surface area (Å²) in [6.07, 6.45) is 2.24. The molecule has 0 saturated heterocycles. The van der Waals surface area contributed by atoms with E-state index in [4.69, 9.17) is 9.15 Å². The minimum atomic E-state index is 0.00357. The summed E-state index contributed by atoms with van der Waals surface area (Å²) in [7, 11) is 1.62. The van der Waals surface area contributed by atoms with Crippen LogP contribution < -0.4 is 4.74 Å². The number of hydrogen-bond donors (Lipinski definition) is 1. The maximum atomic E-state index is 9.74. The third kappa shape index (κ3) is 3.74. The molecule has 0 unspecified atom stereocenters. The molecular formula is C17H16N4O3S. The molecule has 1 aliphatic carbocycles. The van der Waals surface area contributed by atoms with E-state index in [9.17, 15) is 5.11 Å². The van der Waals surface area contributed by atoms with Crippen LogP contribution in [0.25, 0.3) is 11.5 Å². The lowest BCUT2D eigenvalue weighted by Gasteiger charge is -2.02. The van der Waals surface area contributed by atoms with Gasteiger partial charge in [0.2, 0.25) is 17.7 Å². The quantitative estimate of drug-likeness (QED) is 0.530. The molecule has 1 N–H and O–H groups in total. The van der Waals surface area contributed by atoms with E-state index in [0.29, 0.717) is 28.6 Å². The van der Waals surface area contributed by atoms with Gasteiger partial charge in [-0.2, -0.15) is 4.98 Å². The van der Waals surface area contributed by atoms with Crippen LogP contribution in [0, 0.1) is 0 Å². The number of nitrogens with zero attached hydrogens (tertiary/aromatic N) is 4. The highest BCUT2D eigenvalue weighted by molar-refractivity contribution is 7.98. The van der Waals surface area contributed by atoms with Crippen molar-refractivity contribution in [1.82, 2.24) is 20.2 Å². The fraction of sp³-hybridized carbons (Fsp3) is 0.294. The molecule has 25 heavy (non-hydrogen) atoms. The Kier molecular flexibility index (Phi) is 4.27. The van der Waals surface area contributed by atoms with Gasteiger partial charge in [0.25, 0.3) is 0 Å². The summed E-state index contributed by atoms with van der Waals surface area (Å²) in [6.45, 7) is 0. The monoisotopic (exact) mass is 356 g/mol. The molecule has 7 nitrogen and oxygen atoms in total. The van der Waals surface area contributed by atoms with Gasteiger partial charge < -0.3 is 14.3 Å². The van der Waals surface area contributed by atoms with Crippen LogP contribution in [0.1, 0.15) is 30.3 Å². The van der Waals surface area contributed by atoms with E-state index in [0.717, 1.165) is 29.8 Å². The van der Waals surface area contributed by atoms with Crippen molar-refractivity contribution in [2.45, 2.75) is 29.7 Å². The van der Waals surface area contributed by atoms with Gasteiger partial charge in [-0.1, -0.05) is 11.8 Å². The number of ether oxygens (including phenoxy) is 1. The van der Waals surface area contributed by atoms with Gasteiger partial charge >= 0.3 is 0 Å². The normalized spacial score (nSPS) is 13.8. The molecule has 1 aliphatic rings. The molecule has 1 aromatic carbocycles. The Morgan fingerprint density at radius 1 is 1.20 bits per heavy atom. The third-order valence-electron chi connectivity index (χ3n) is 3.84. The van der Waals surface area contributed by atoms with Gasteiger partial charge in [-0.3, -0.25) is 0 Å². The number of benzene rings is 1. The zero-order valence-corrected chi connectivity index (χ0v) is 14.4. The predicted octanol–water partition coefficient (Wildman–Crippen LogP) is 3.41. The summed E-state index contributed by atoms with van der Waals surface area (Å²) in [4.78, 5) is 8.53. The number of methoxy groups -OCH3 is 1. The summed E-state index contributed by atoms with van der Waals surface area (Å²) >= 11 is 1.36. The molecule has 3 aromatic rings. The van der Waals surface area contributed by atoms with Crippen LogP contribution >= 0.6 is 11.8 Å². The maximum absolute atomic E-state index is 9.74. The van der Waals surface area contributed by atoms with Crippen molar-refractivity contribution in [3.05, 3.63) is 41.9 Å². The molecule has 1 fully saturated rings. The lowest BCUT2D eigenvalue weighted by Crippen LogP contribution is -1.93. The highest BCUT2D eigenvalue weighted by Crippen LogP contribution is 2.40. The average Bonchev–Trinajstić information content (AvgIpc) is 3.38. The Balaban J connectivity index is 1.44. The van der Waals surface area contributed by atoms with Crippen molar-refractivity contribution in [1.29, 1.82) is 0 Å². The van der Waals surface area contributed by atoms with Gasteiger partial charge in [-0.25, -0.2) is 4.98 Å². The second-order valence-corrected chi connectivity index (χ2v) is 6.67. The molecule has 0 aliphatic heterocycles. The molecule has 1 saturated carbocycles. The molecule has 4 rings (SSSR count). The van der Waals surface area contributed by atoms with E-state index in [1.54, 1.807) is 13.2 Å². The van der Waals surface area contributed by atoms with E-state index < -0.39 is 0 Å². The molecule has 128 valence electrons. The number of aromatic hydroxyl groups is 1. The summed E-state index contributed by atoms with van der Waals surface area (Å²) in [5, 5.41) is 18.4. The Labute approximate surface area is 148 Å². The van der Waals surface area contributed by atoms with Crippen LogP contribution in [-0.2, 0) is 5.75 Å². The van der Waals surface area contributed by atoms with Crippen LogP contribution in [0.4, 0.5) is 0 Å². The van der Waals surface area contributed by atoms with Crippen LogP contribution in [-0.4, -0.2) is 32.4 Å². The van der Waals surface area contributed by atoms with Crippen molar-refractivity contribution in [3.8, 4) is 23.1 Å². The van der Waals surface area contributed by atoms with Crippen LogP contribution in [0.2, 0.25) is 0 Å². The average molecular weight is 356 g/mol. The first kappa shape index (κ1) is 15.9. The molecule has 0 amide bonds. The molecule has 2 heterocycles. The van der Waals surface area contributed by atoms with Crippen LogP contribution in [0.15, 0.2) is 39.9 Å². The smallest absolute Gasteiger partial charge is 0.247 e. The highest BCUT2D eigenvalue weighted by atomic mass is 32.2. The van der Waals surface area contributed by atoms with E-state index in [1.165, 1.54) is 11.8 Å². The maximum Gasteiger partial charge on any atom is 0.247 e. The number of hydrogen-bond acceptors (Lipinski definition) is 8. The largest absolute Gasteiger partial charge is 0.497 e. The van der Waals surface area contributed by atoms with Crippen molar-refractivity contribution < 1.29 is 14.3 Å². The van der Waals surface area contributed by atoms with Crippen LogP contribution in [0.5, 0.6) is 11.6 Å². The molecule has 0 radical (unpaired) electrons. The first-order valence-corrected chi connectivity index (χ1v) is 8.87. The SMILES string of the molecule is COc1ccc(-c2nnc(CSc3nc(O)cc(C4CC4)n3)o2)cc1.